The van der Waals surface area contributed by atoms with Gasteiger partial charge in [0.05, 0.1) is 26.6 Å². The lowest BCUT2D eigenvalue weighted by Crippen LogP contribution is -2.28. The van der Waals surface area contributed by atoms with Crippen molar-refractivity contribution in [2.24, 2.45) is 10.2 Å². The van der Waals surface area contributed by atoms with E-state index in [1.165, 1.54) is 12.4 Å². The van der Waals surface area contributed by atoms with Crippen LogP contribution in [-0.2, 0) is 0 Å². The summed E-state index contributed by atoms with van der Waals surface area (Å²) in [6.07, 6.45) is 3.02. The van der Waals surface area contributed by atoms with Crippen LogP contribution in [0.2, 0.25) is 0 Å². The normalized spacial score (nSPS) is 10.8. The molecule has 0 fully saturated rings. The van der Waals surface area contributed by atoms with Crippen molar-refractivity contribution in [3.8, 4) is 11.5 Å². The molecular formula is C17H18N4O3. The third-order valence-corrected chi connectivity index (χ3v) is 2.95. The van der Waals surface area contributed by atoms with Crippen molar-refractivity contribution < 1.29 is 14.3 Å². The second-order valence-corrected chi connectivity index (χ2v) is 4.62. The number of hydrogen-bond acceptors (Lipinski definition) is 5. The number of benzene rings is 2. The number of carbonyl (C=O) groups excluding carboxylic acids is 1. The van der Waals surface area contributed by atoms with E-state index in [0.717, 1.165) is 11.1 Å². The monoisotopic (exact) mass is 326 g/mol. The summed E-state index contributed by atoms with van der Waals surface area (Å²) < 4.78 is 10.2. The highest BCUT2D eigenvalue weighted by Crippen LogP contribution is 2.11. The van der Waals surface area contributed by atoms with Gasteiger partial charge in [-0.1, -0.05) is 24.3 Å². The smallest absolute Gasteiger partial charge is 0.355 e. The Hall–Kier alpha value is -3.35. The first-order valence-corrected chi connectivity index (χ1v) is 7.11. The molecule has 0 saturated carbocycles. The van der Waals surface area contributed by atoms with Crippen molar-refractivity contribution in [3.63, 3.8) is 0 Å². The van der Waals surface area contributed by atoms with Gasteiger partial charge in [-0.3, -0.25) is 0 Å². The van der Waals surface area contributed by atoms with E-state index < -0.39 is 6.03 Å². The van der Waals surface area contributed by atoms with Gasteiger partial charge < -0.3 is 9.47 Å². The van der Waals surface area contributed by atoms with Gasteiger partial charge in [0.1, 0.15) is 11.5 Å². The van der Waals surface area contributed by atoms with Gasteiger partial charge in [-0.05, 0) is 35.4 Å². The molecule has 0 unspecified atom stereocenters. The SMILES string of the molecule is COc1cccc(/C=N\NC(=O)N/N=C\c2cccc(OC)c2)c1. The van der Waals surface area contributed by atoms with Crippen molar-refractivity contribution in [1.29, 1.82) is 0 Å². The van der Waals surface area contributed by atoms with Crippen LogP contribution in [0.4, 0.5) is 4.79 Å². The van der Waals surface area contributed by atoms with Gasteiger partial charge >= 0.3 is 6.03 Å². The van der Waals surface area contributed by atoms with E-state index in [9.17, 15) is 4.79 Å². The minimum Gasteiger partial charge on any atom is -0.497 e. The van der Waals surface area contributed by atoms with Crippen LogP contribution in [0.1, 0.15) is 11.1 Å². The highest BCUT2D eigenvalue weighted by atomic mass is 16.5. The largest absolute Gasteiger partial charge is 0.497 e. The number of nitrogens with zero attached hydrogens (tertiary/aromatic N) is 2. The van der Waals surface area contributed by atoms with Gasteiger partial charge in [-0.15, -0.1) is 0 Å². The molecule has 7 heteroatoms. The number of ether oxygens (including phenoxy) is 2. The Bertz CT molecular complexity index is 683. The molecule has 2 aromatic rings. The lowest BCUT2D eigenvalue weighted by molar-refractivity contribution is 0.242. The summed E-state index contributed by atoms with van der Waals surface area (Å²) in [5.74, 6) is 1.43. The molecule has 0 spiro atoms. The van der Waals surface area contributed by atoms with Gasteiger partial charge in [0.15, 0.2) is 0 Å². The average molecular weight is 326 g/mol. The summed E-state index contributed by atoms with van der Waals surface area (Å²) in [7, 11) is 3.17. The first kappa shape index (κ1) is 17.0. The summed E-state index contributed by atoms with van der Waals surface area (Å²) in [5.41, 5.74) is 6.24. The molecule has 0 atom stereocenters. The van der Waals surface area contributed by atoms with Crippen molar-refractivity contribution in [1.82, 2.24) is 10.9 Å². The summed E-state index contributed by atoms with van der Waals surface area (Å²) in [4.78, 5) is 11.6. The van der Waals surface area contributed by atoms with Crippen LogP contribution in [0.15, 0.2) is 58.7 Å². The zero-order valence-corrected chi connectivity index (χ0v) is 13.4. The average Bonchev–Trinajstić information content (AvgIpc) is 2.62. The molecule has 2 amide bonds. The molecule has 24 heavy (non-hydrogen) atoms. The minimum atomic E-state index is -0.548. The van der Waals surface area contributed by atoms with E-state index in [2.05, 4.69) is 21.1 Å². The third kappa shape index (κ3) is 5.45. The zero-order chi connectivity index (χ0) is 17.2. The number of carbonyl (C=O) groups is 1. The van der Waals surface area contributed by atoms with E-state index in [4.69, 9.17) is 9.47 Å². The van der Waals surface area contributed by atoms with E-state index >= 15 is 0 Å². The molecule has 124 valence electrons. The molecule has 2 aromatic carbocycles. The van der Waals surface area contributed by atoms with Gasteiger partial charge in [-0.25, -0.2) is 15.6 Å². The fourth-order valence-corrected chi connectivity index (χ4v) is 1.80. The Labute approximate surface area is 140 Å². The highest BCUT2D eigenvalue weighted by Gasteiger charge is 1.96. The maximum absolute atomic E-state index is 11.6. The fourth-order valence-electron chi connectivity index (χ4n) is 1.80. The Morgan fingerprint density at radius 3 is 1.75 bits per heavy atom. The van der Waals surface area contributed by atoms with E-state index in [1.54, 1.807) is 26.4 Å². The molecule has 0 aliphatic rings. The molecule has 0 saturated heterocycles. The molecule has 0 radical (unpaired) electrons. The topological polar surface area (TPSA) is 84.3 Å². The lowest BCUT2D eigenvalue weighted by Gasteiger charge is -2.01. The Balaban J connectivity index is 1.82. The Morgan fingerprint density at radius 1 is 0.875 bits per heavy atom. The third-order valence-electron chi connectivity index (χ3n) is 2.95. The van der Waals surface area contributed by atoms with Crippen LogP contribution in [0.25, 0.3) is 0 Å². The Kier molecular flexibility index (Phi) is 6.34. The summed E-state index contributed by atoms with van der Waals surface area (Å²) in [6.45, 7) is 0. The van der Waals surface area contributed by atoms with Crippen LogP contribution in [0.5, 0.6) is 11.5 Å². The molecule has 0 heterocycles. The number of hydrogen-bond donors (Lipinski definition) is 2. The standard InChI is InChI=1S/C17H18N4O3/c1-23-15-7-3-5-13(9-15)11-18-20-17(22)21-19-12-14-6-4-8-16(10-14)24-2/h3-12H,1-2H3,(H2,20,21,22)/b18-11-,19-12-. The second-order valence-electron chi connectivity index (χ2n) is 4.62. The van der Waals surface area contributed by atoms with Crippen molar-refractivity contribution >= 4 is 18.5 Å². The predicted molar refractivity (Wildman–Crippen MR) is 92.8 cm³/mol. The second kappa shape index (κ2) is 8.94. The van der Waals surface area contributed by atoms with Crippen LogP contribution in [-0.4, -0.2) is 32.7 Å². The predicted octanol–water partition coefficient (Wildman–Crippen LogP) is 2.37. The number of nitrogens with one attached hydrogen (secondary N) is 2. The summed E-state index contributed by atoms with van der Waals surface area (Å²) in [6, 6.07) is 14.0. The van der Waals surface area contributed by atoms with E-state index in [1.807, 2.05) is 36.4 Å². The molecule has 2 N–H and O–H groups in total. The van der Waals surface area contributed by atoms with Crippen molar-refractivity contribution in [3.05, 3.63) is 59.7 Å². The molecule has 0 bridgehead atoms. The molecule has 7 nitrogen and oxygen atoms in total. The minimum absolute atomic E-state index is 0.548. The quantitative estimate of drug-likeness (QED) is 0.631. The van der Waals surface area contributed by atoms with Crippen LogP contribution in [0.3, 0.4) is 0 Å². The lowest BCUT2D eigenvalue weighted by atomic mass is 10.2. The highest BCUT2D eigenvalue weighted by molar-refractivity contribution is 5.84. The zero-order valence-electron chi connectivity index (χ0n) is 13.4. The fraction of sp³-hybridized carbons (Fsp3) is 0.118. The number of urea groups is 1. The number of methoxy groups -OCH3 is 2. The van der Waals surface area contributed by atoms with E-state index in [-0.39, 0.29) is 0 Å². The van der Waals surface area contributed by atoms with Crippen molar-refractivity contribution in [2.75, 3.05) is 14.2 Å². The van der Waals surface area contributed by atoms with Gasteiger partial charge in [-0.2, -0.15) is 10.2 Å². The van der Waals surface area contributed by atoms with Crippen LogP contribution < -0.4 is 20.3 Å². The maximum atomic E-state index is 11.6. The first-order chi connectivity index (χ1) is 11.7. The summed E-state index contributed by atoms with van der Waals surface area (Å²) in [5, 5.41) is 7.67. The Morgan fingerprint density at radius 2 is 1.33 bits per heavy atom. The van der Waals surface area contributed by atoms with E-state index in [0.29, 0.717) is 11.5 Å². The van der Waals surface area contributed by atoms with Crippen LogP contribution in [0, 0.1) is 0 Å². The number of amides is 2. The van der Waals surface area contributed by atoms with Crippen LogP contribution >= 0.6 is 0 Å². The molecule has 2 rings (SSSR count). The number of hydrazone groups is 2. The van der Waals surface area contributed by atoms with Gasteiger partial charge in [0.2, 0.25) is 0 Å². The molecule has 0 aliphatic carbocycles. The van der Waals surface area contributed by atoms with Gasteiger partial charge in [0, 0.05) is 0 Å². The molecular weight excluding hydrogens is 308 g/mol. The van der Waals surface area contributed by atoms with Crippen molar-refractivity contribution in [2.45, 2.75) is 0 Å². The molecule has 0 aliphatic heterocycles. The summed E-state index contributed by atoms with van der Waals surface area (Å²) >= 11 is 0. The molecule has 0 aromatic heterocycles. The number of rotatable bonds is 6. The van der Waals surface area contributed by atoms with Gasteiger partial charge in [0.25, 0.3) is 0 Å². The first-order valence-electron chi connectivity index (χ1n) is 7.11. The maximum Gasteiger partial charge on any atom is 0.355 e.